The van der Waals surface area contributed by atoms with Gasteiger partial charge in [0.05, 0.1) is 29.6 Å². The van der Waals surface area contributed by atoms with E-state index >= 15 is 0 Å². The highest BCUT2D eigenvalue weighted by Crippen LogP contribution is 2.24. The van der Waals surface area contributed by atoms with E-state index in [-0.39, 0.29) is 114 Å². The van der Waals surface area contributed by atoms with Crippen molar-refractivity contribution in [3.63, 3.8) is 0 Å². The molecule has 5 rings (SSSR count). The molecule has 27 heteroatoms. The maximum absolute atomic E-state index is 13.4. The molecule has 1 aliphatic rings. The topological polar surface area (TPSA) is 432 Å². The Balaban J connectivity index is 1.09. The number of anilines is 4. The van der Waals surface area contributed by atoms with Crippen LogP contribution < -0.4 is 60.5 Å². The lowest BCUT2D eigenvalue weighted by molar-refractivity contribution is -0.139. The van der Waals surface area contributed by atoms with Gasteiger partial charge in [0, 0.05) is 54.7 Å². The van der Waals surface area contributed by atoms with E-state index in [1.165, 1.54) is 61.7 Å². The van der Waals surface area contributed by atoms with Gasteiger partial charge in [-0.3, -0.25) is 38.5 Å². The molecule has 0 bridgehead atoms. The number of unbranched alkanes of at least 4 members (excludes halogenated alkanes) is 2. The number of imide groups is 1. The molecule has 17 N–H and O–H groups in total. The second-order valence-electron chi connectivity index (χ2n) is 16.7. The number of amides is 7. The van der Waals surface area contributed by atoms with Crippen LogP contribution in [-0.4, -0.2) is 119 Å². The molecule has 2 aromatic carbocycles. The van der Waals surface area contributed by atoms with Gasteiger partial charge in [0.1, 0.15) is 23.9 Å². The van der Waals surface area contributed by atoms with Crippen LogP contribution in [0.2, 0.25) is 0 Å². The maximum atomic E-state index is 13.4. The Morgan fingerprint density at radius 3 is 2.19 bits per heavy atom. The van der Waals surface area contributed by atoms with Gasteiger partial charge in [-0.05, 0) is 68.9 Å². The fraction of sp³-hybridized carbons (Fsp3) is 0.356. The number of hydrogen-bond donors (Lipinski definition) is 13. The Morgan fingerprint density at radius 2 is 1.51 bits per heavy atom. The van der Waals surface area contributed by atoms with E-state index < -0.39 is 53.5 Å². The molecule has 72 heavy (non-hydrogen) atoms. The Hall–Kier alpha value is -9.01. The summed E-state index contributed by atoms with van der Waals surface area (Å²) in [5.74, 6) is -0.922. The van der Waals surface area contributed by atoms with E-state index in [0.717, 1.165) is 4.90 Å². The number of carbonyl (C=O) groups excluding carboxylic acids is 7. The molecule has 0 fully saturated rings. The van der Waals surface area contributed by atoms with Crippen LogP contribution in [0.5, 0.6) is 5.75 Å². The van der Waals surface area contributed by atoms with Crippen LogP contribution in [0, 0.1) is 5.92 Å². The highest BCUT2D eigenvalue weighted by molar-refractivity contribution is 6.13. The number of aromatic hydroxyl groups is 1. The molecule has 0 aliphatic carbocycles. The van der Waals surface area contributed by atoms with Gasteiger partial charge in [-0.25, -0.2) is 26.1 Å². The number of amidine groups is 1. The number of nitrogens with two attached hydrogens (primary N) is 4. The van der Waals surface area contributed by atoms with E-state index in [4.69, 9.17) is 23.0 Å². The summed E-state index contributed by atoms with van der Waals surface area (Å²) in [6.07, 6.45) is 5.46. The van der Waals surface area contributed by atoms with Gasteiger partial charge in [0.15, 0.2) is 22.8 Å². The first-order valence-electron chi connectivity index (χ1n) is 22.6. The fourth-order valence-corrected chi connectivity index (χ4v) is 7.14. The minimum absolute atomic E-state index is 0.00191. The number of nitrogen functional groups attached to an aromatic ring is 2. The Morgan fingerprint density at radius 1 is 0.806 bits per heavy atom. The predicted octanol–water partition coefficient (Wildman–Crippen LogP) is -0.552. The van der Waals surface area contributed by atoms with Crippen molar-refractivity contribution in [3.8, 4) is 5.75 Å². The smallest absolute Gasteiger partial charge is 0.326 e. The molecule has 0 spiro atoms. The van der Waals surface area contributed by atoms with Crippen LogP contribution in [0.15, 0.2) is 59.8 Å². The highest BCUT2D eigenvalue weighted by atomic mass is 16.4. The number of nitrogens with one attached hydrogen (secondary N) is 7. The summed E-state index contributed by atoms with van der Waals surface area (Å²) in [7, 11) is 0. The number of hydrazine groups is 1. The first-order valence-corrected chi connectivity index (χ1v) is 22.6. The number of aliphatic carboxylic acids is 1. The second kappa shape index (κ2) is 25.0. The molecule has 27 nitrogen and oxygen atoms in total. The number of carboxylic acids is 1. The monoisotopic (exact) mass is 995 g/mol. The summed E-state index contributed by atoms with van der Waals surface area (Å²) in [4.78, 5) is 119. The lowest BCUT2D eigenvalue weighted by atomic mass is 10.0. The van der Waals surface area contributed by atoms with E-state index in [1.807, 2.05) is 5.53 Å². The minimum Gasteiger partial charge on any atom is -0.507 e. The summed E-state index contributed by atoms with van der Waals surface area (Å²) < 4.78 is 0. The first kappa shape index (κ1) is 53.9. The summed E-state index contributed by atoms with van der Waals surface area (Å²) >= 11 is 0. The molecule has 3 heterocycles. The third kappa shape index (κ3) is 14.7. The third-order valence-corrected chi connectivity index (χ3v) is 11.0. The number of carbonyl (C=O) groups is 8. The molecule has 382 valence electrons. The average Bonchev–Trinajstić information content (AvgIpc) is 3.65. The maximum Gasteiger partial charge on any atom is 0.326 e. The molecule has 0 saturated heterocycles. The highest BCUT2D eigenvalue weighted by Gasteiger charge is 2.28. The van der Waals surface area contributed by atoms with Gasteiger partial charge < -0.3 is 59.3 Å². The van der Waals surface area contributed by atoms with Crippen molar-refractivity contribution in [3.05, 3.63) is 77.1 Å². The van der Waals surface area contributed by atoms with Crippen LogP contribution in [-0.2, 0) is 35.3 Å². The van der Waals surface area contributed by atoms with Crippen LogP contribution in [0.3, 0.4) is 0 Å². The molecule has 0 unspecified atom stereocenters. The lowest BCUT2D eigenvalue weighted by Gasteiger charge is -2.24. The number of nitrogens with zero attached hydrogens (tertiary/aromatic N) is 6. The normalized spacial score (nSPS) is 13.6. The number of hydrazone groups is 1. The van der Waals surface area contributed by atoms with Crippen LogP contribution in [0.1, 0.15) is 91.3 Å². The fourth-order valence-electron chi connectivity index (χ4n) is 7.14. The molecule has 1 aliphatic heterocycles. The van der Waals surface area contributed by atoms with Crippen molar-refractivity contribution >= 4 is 87.5 Å². The van der Waals surface area contributed by atoms with E-state index in [1.54, 1.807) is 13.8 Å². The summed E-state index contributed by atoms with van der Waals surface area (Å²) in [5.41, 5.74) is 21.0. The number of rotatable bonds is 25. The SMILES string of the molecule is CC(C)[C@H](NC(=O)CCCCCN1C(=O)C=CC1=O)C(=O)N[C@@H](C)C(=O)Nc1ccc(C(=O)NCCC[C@H](NC(=O)c2ccc(NCc3cnc4nc(N)nc(N)c4n3)cc2O)C(=O)O)c(/C(N)=N/NN)c1. The number of carboxylic acid groups (broad SMARTS) is 1. The largest absolute Gasteiger partial charge is 0.507 e. The zero-order valence-electron chi connectivity index (χ0n) is 39.5. The van der Waals surface area contributed by atoms with Gasteiger partial charge >= 0.3 is 5.97 Å². The van der Waals surface area contributed by atoms with Crippen molar-refractivity contribution in [2.24, 2.45) is 22.6 Å². The molecule has 7 amide bonds. The molecule has 2 aromatic heterocycles. The lowest BCUT2D eigenvalue weighted by Crippen LogP contribution is -2.53. The third-order valence-electron chi connectivity index (χ3n) is 11.0. The van der Waals surface area contributed by atoms with E-state index in [0.29, 0.717) is 30.6 Å². The predicted molar refractivity (Wildman–Crippen MR) is 262 cm³/mol. The molecular formula is C45H57N17O10. The van der Waals surface area contributed by atoms with Crippen LogP contribution in [0.25, 0.3) is 11.2 Å². The molecule has 0 saturated carbocycles. The van der Waals surface area contributed by atoms with Gasteiger partial charge in [-0.1, -0.05) is 20.3 Å². The zero-order valence-corrected chi connectivity index (χ0v) is 39.5. The number of fused-ring (bicyclic) bond motifs is 1. The van der Waals surface area contributed by atoms with Gasteiger partial charge in [0.25, 0.3) is 23.6 Å². The van der Waals surface area contributed by atoms with Crippen molar-refractivity contribution in [2.45, 2.75) is 84.0 Å². The quantitative estimate of drug-likeness (QED) is 0.00989. The van der Waals surface area contributed by atoms with Crippen molar-refractivity contribution < 1.29 is 48.6 Å². The minimum atomic E-state index is -1.40. The Kier molecular flexibility index (Phi) is 18.7. The molecular weight excluding hydrogens is 939 g/mol. The summed E-state index contributed by atoms with van der Waals surface area (Å²) in [6.45, 7) is 5.23. The second-order valence-corrected chi connectivity index (χ2v) is 16.7. The van der Waals surface area contributed by atoms with E-state index in [2.05, 4.69) is 56.9 Å². The van der Waals surface area contributed by atoms with Crippen LogP contribution in [0.4, 0.5) is 23.1 Å². The van der Waals surface area contributed by atoms with Crippen molar-refractivity contribution in [2.75, 3.05) is 35.2 Å². The first-order chi connectivity index (χ1) is 34.3. The molecule has 3 atom stereocenters. The number of hydrogen-bond acceptors (Lipinski definition) is 19. The van der Waals surface area contributed by atoms with Crippen molar-refractivity contribution in [1.82, 2.24) is 51.6 Å². The van der Waals surface area contributed by atoms with E-state index in [9.17, 15) is 48.6 Å². The zero-order chi connectivity index (χ0) is 52.6. The molecule has 0 radical (unpaired) electrons. The Labute approximate surface area is 411 Å². The van der Waals surface area contributed by atoms with Gasteiger partial charge in [-0.2, -0.15) is 9.97 Å². The molecule has 4 aromatic rings. The van der Waals surface area contributed by atoms with Crippen LogP contribution >= 0.6 is 0 Å². The number of benzene rings is 2. The number of phenols is 1. The summed E-state index contributed by atoms with van der Waals surface area (Å²) in [6, 6.07) is 4.71. The number of aromatic nitrogens is 4. The summed E-state index contributed by atoms with van der Waals surface area (Å²) in [5, 5.41) is 40.3. The van der Waals surface area contributed by atoms with Gasteiger partial charge in [-0.15, -0.1) is 5.10 Å². The Bertz CT molecular complexity index is 2770. The number of phenolic OH excluding ortho intramolecular Hbond substituents is 1. The van der Waals surface area contributed by atoms with Crippen molar-refractivity contribution in [1.29, 1.82) is 0 Å². The van der Waals surface area contributed by atoms with Gasteiger partial charge in [0.2, 0.25) is 23.7 Å². The standard InChI is InChI=1S/C45H57N17O10/c1-22(2)35(57-32(64)9-5-4-6-17-62-33(65)14-15-34(62)66)43(70)53-23(3)40(67)55-25-11-12-27(29(18-25)37(46)60-61-49)41(68)50-16-7-8-30(44(71)72)56-42(69)28-13-10-24(19-31(28)63)51-20-26-21-52-39-36(54-26)38(47)58-45(48)59-39/h10-15,18-19,21-23,30,35,51,61,63H,4-9,16-17,20,49H2,1-3H3,(H2,46,60)(H,50,68)(H,53,70)(H,55,67)(H,56,69)(H,57,64)(H,71,72)(H4,47,48,52,58,59)/t23-,30-,35-/m0/s1. The average molecular weight is 996 g/mol.